The van der Waals surface area contributed by atoms with Gasteiger partial charge < -0.3 is 39.6 Å². The summed E-state index contributed by atoms with van der Waals surface area (Å²) in [7, 11) is 1.31. The van der Waals surface area contributed by atoms with Crippen LogP contribution >= 0.6 is 0 Å². The summed E-state index contributed by atoms with van der Waals surface area (Å²) in [6.45, 7) is 11.4. The number of nitrogens with zero attached hydrogens (tertiary/aromatic N) is 8. The number of methoxy groups -OCH3 is 1. The molecule has 7 heterocycles. The zero-order chi connectivity index (χ0) is 43.1. The third-order valence-corrected chi connectivity index (χ3v) is 13.5. The molecule has 3 N–H and O–H groups in total. The molecule has 62 heavy (non-hydrogen) atoms. The van der Waals surface area contributed by atoms with Crippen LogP contribution in [0.2, 0.25) is 0 Å². The summed E-state index contributed by atoms with van der Waals surface area (Å²) in [5.74, 6) is 2.68. The van der Waals surface area contributed by atoms with Crippen molar-refractivity contribution < 1.29 is 19.1 Å². The van der Waals surface area contributed by atoms with Crippen LogP contribution in [0.4, 0.5) is 16.4 Å². The van der Waals surface area contributed by atoms with Gasteiger partial charge in [-0.1, -0.05) is 39.8 Å². The van der Waals surface area contributed by atoms with E-state index in [1.54, 1.807) is 0 Å². The molecule has 15 nitrogen and oxygen atoms in total. The number of carbonyl (C=O) groups excluding carboxylic acids is 3. The number of benzene rings is 2. The molecule has 4 saturated heterocycles. The lowest BCUT2D eigenvalue weighted by Gasteiger charge is -2.33. The van der Waals surface area contributed by atoms with Crippen LogP contribution in [-0.4, -0.2) is 96.9 Å². The Labute approximate surface area is 363 Å². The Bertz CT molecular complexity index is 2400. The van der Waals surface area contributed by atoms with E-state index in [4.69, 9.17) is 24.7 Å². The van der Waals surface area contributed by atoms with E-state index < -0.39 is 12.1 Å². The normalized spacial score (nSPS) is 22.4. The molecule has 3 aromatic heterocycles. The molecule has 0 unspecified atom stereocenters. The molecule has 0 radical (unpaired) electrons. The van der Waals surface area contributed by atoms with Crippen LogP contribution in [0.25, 0.3) is 22.1 Å². The van der Waals surface area contributed by atoms with Crippen molar-refractivity contribution in [2.45, 2.75) is 122 Å². The average Bonchev–Trinajstić information content (AvgIpc) is 4.13. The topological polar surface area (TPSA) is 169 Å². The van der Waals surface area contributed by atoms with Gasteiger partial charge in [-0.25, -0.2) is 24.7 Å². The highest BCUT2D eigenvalue weighted by molar-refractivity contribution is 5.87. The molecule has 0 spiro atoms. The fraction of sp³-hybridized carbons (Fsp3) is 0.553. The van der Waals surface area contributed by atoms with E-state index in [0.717, 1.165) is 122 Å². The van der Waals surface area contributed by atoms with Crippen molar-refractivity contribution in [3.63, 3.8) is 0 Å². The fourth-order valence-corrected chi connectivity index (χ4v) is 10.4. The molecule has 328 valence electrons. The Kier molecular flexibility index (Phi) is 11.8. The number of likely N-dealkylation sites (tertiary alicyclic amines) is 2. The van der Waals surface area contributed by atoms with Crippen LogP contribution in [0.15, 0.2) is 48.8 Å². The summed E-state index contributed by atoms with van der Waals surface area (Å²) >= 11 is 0. The number of ether oxygens (including phenoxy) is 1. The zero-order valence-corrected chi connectivity index (χ0v) is 36.8. The lowest BCUT2D eigenvalue weighted by atomic mass is 10.0. The number of nitrogens with one attached hydrogen (secondary N) is 3. The number of hydrogen-bond acceptors (Lipinski definition) is 10. The highest BCUT2D eigenvalue weighted by atomic mass is 16.5. The second-order valence-electron chi connectivity index (χ2n) is 18.5. The summed E-state index contributed by atoms with van der Waals surface area (Å²) in [4.78, 5) is 75.1. The number of alkyl carbamates (subject to hydrolysis) is 1. The molecule has 15 heteroatoms. The maximum atomic E-state index is 13.9. The number of hydrogen-bond donors (Lipinski definition) is 3. The Balaban J connectivity index is 1.02. The van der Waals surface area contributed by atoms with Crippen LogP contribution in [0, 0.1) is 11.8 Å². The van der Waals surface area contributed by atoms with Gasteiger partial charge in [0.2, 0.25) is 17.8 Å². The summed E-state index contributed by atoms with van der Waals surface area (Å²) in [5, 5.41) is 2.75. The highest BCUT2D eigenvalue weighted by Crippen LogP contribution is 2.48. The molecule has 3 amide bonds. The molecule has 4 aliphatic heterocycles. The second kappa shape index (κ2) is 17.6. The van der Waals surface area contributed by atoms with Crippen molar-refractivity contribution in [2.24, 2.45) is 11.8 Å². The molecule has 0 saturated carbocycles. The van der Waals surface area contributed by atoms with Gasteiger partial charge in [0, 0.05) is 32.6 Å². The van der Waals surface area contributed by atoms with Crippen molar-refractivity contribution in [1.82, 2.24) is 45.0 Å². The van der Waals surface area contributed by atoms with Crippen molar-refractivity contribution in [3.05, 3.63) is 71.6 Å². The number of rotatable bonds is 11. The number of imidazole rings is 2. The van der Waals surface area contributed by atoms with Gasteiger partial charge in [0.15, 0.2) is 0 Å². The number of amides is 3. The SMILES string of the molecule is COC(=O)N[C@H](C(=O)N1CCC[C@H]1c1nc2ccc([C@H]3CC[C@H](c4ccc5nc([C@@H]6CCCN6C(=O)CC(C)C)[nH]c5c4)N3c3cnc(N4CCCCC4)nc3)cc2[nH]1)C(C)C. The highest BCUT2D eigenvalue weighted by Gasteiger charge is 2.40. The standard InChI is InChI=1S/C47H61N11O4/c1-28(2)23-41(59)56-21-9-11-39(56)43-50-33-15-13-30(24-35(33)52-43)37-17-18-38(58(37)32-26-48-46(49-27-32)55-19-7-6-8-20-55)31-14-16-34-36(25-31)53-44(51-34)40-12-10-22-57(40)45(60)42(29(3)4)54-47(61)62-5/h13-16,24-29,37-40,42H,6-12,17-23H2,1-5H3,(H,50,52)(H,51,53)(H,54,61)/t37-,38-,39+,40+,42+/m1/s1. The minimum absolute atomic E-state index is 0.0318. The van der Waals surface area contributed by atoms with E-state index in [9.17, 15) is 14.4 Å². The van der Waals surface area contributed by atoms with Gasteiger partial charge in [0.25, 0.3) is 0 Å². The predicted molar refractivity (Wildman–Crippen MR) is 238 cm³/mol. The van der Waals surface area contributed by atoms with E-state index in [0.29, 0.717) is 18.9 Å². The number of aromatic amines is 2. The average molecular weight is 844 g/mol. The fourth-order valence-electron chi connectivity index (χ4n) is 10.4. The smallest absolute Gasteiger partial charge is 0.407 e. The first-order valence-electron chi connectivity index (χ1n) is 22.8. The first-order chi connectivity index (χ1) is 30.1. The maximum absolute atomic E-state index is 13.9. The third-order valence-electron chi connectivity index (χ3n) is 13.5. The van der Waals surface area contributed by atoms with Crippen LogP contribution in [0.1, 0.15) is 139 Å². The number of anilines is 2. The summed E-state index contributed by atoms with van der Waals surface area (Å²) in [6.07, 6.45) is 12.8. The first kappa shape index (κ1) is 41.6. The number of piperidine rings is 1. The molecule has 4 fully saturated rings. The molecule has 5 atom stereocenters. The van der Waals surface area contributed by atoms with E-state index in [1.807, 2.05) is 36.0 Å². The quantitative estimate of drug-likeness (QED) is 0.118. The lowest BCUT2D eigenvalue weighted by molar-refractivity contribution is -0.135. The van der Waals surface area contributed by atoms with Gasteiger partial charge in [0.1, 0.15) is 17.7 Å². The Morgan fingerprint density at radius 3 is 1.84 bits per heavy atom. The van der Waals surface area contributed by atoms with E-state index in [1.165, 1.54) is 19.1 Å². The number of H-pyrrole nitrogens is 2. The van der Waals surface area contributed by atoms with Crippen molar-refractivity contribution in [1.29, 1.82) is 0 Å². The van der Waals surface area contributed by atoms with Crippen molar-refractivity contribution >= 4 is 51.6 Å². The second-order valence-corrected chi connectivity index (χ2v) is 18.5. The molecule has 0 bridgehead atoms. The molecule has 9 rings (SSSR count). The van der Waals surface area contributed by atoms with Crippen LogP contribution in [-0.2, 0) is 14.3 Å². The number of carbonyl (C=O) groups is 3. The van der Waals surface area contributed by atoms with Crippen LogP contribution in [0.5, 0.6) is 0 Å². The van der Waals surface area contributed by atoms with Gasteiger partial charge in [0.05, 0.1) is 71.4 Å². The molecule has 2 aromatic carbocycles. The number of fused-ring (bicyclic) bond motifs is 2. The van der Waals surface area contributed by atoms with Crippen LogP contribution < -0.4 is 15.1 Å². The van der Waals surface area contributed by atoms with Gasteiger partial charge in [-0.2, -0.15) is 0 Å². The molecule has 0 aliphatic carbocycles. The minimum Gasteiger partial charge on any atom is -0.453 e. The maximum Gasteiger partial charge on any atom is 0.407 e. The number of aromatic nitrogens is 6. The Hall–Kier alpha value is -5.73. The first-order valence-corrected chi connectivity index (χ1v) is 22.8. The van der Waals surface area contributed by atoms with Gasteiger partial charge >= 0.3 is 6.09 Å². The predicted octanol–water partition coefficient (Wildman–Crippen LogP) is 8.06. The third kappa shape index (κ3) is 8.17. The zero-order valence-electron chi connectivity index (χ0n) is 36.8. The Morgan fingerprint density at radius 1 is 0.726 bits per heavy atom. The summed E-state index contributed by atoms with van der Waals surface area (Å²) < 4.78 is 4.83. The van der Waals surface area contributed by atoms with Crippen LogP contribution in [0.3, 0.4) is 0 Å². The largest absolute Gasteiger partial charge is 0.453 e. The Morgan fingerprint density at radius 2 is 1.29 bits per heavy atom. The van der Waals surface area contributed by atoms with Gasteiger partial charge in [-0.3, -0.25) is 9.59 Å². The molecule has 4 aliphatic rings. The van der Waals surface area contributed by atoms with E-state index in [2.05, 4.69) is 75.3 Å². The van der Waals surface area contributed by atoms with E-state index in [-0.39, 0.29) is 41.9 Å². The van der Waals surface area contributed by atoms with Crippen molar-refractivity contribution in [3.8, 4) is 0 Å². The minimum atomic E-state index is -0.697. The summed E-state index contributed by atoms with van der Waals surface area (Å²) in [6, 6.07) is 12.2. The lowest BCUT2D eigenvalue weighted by Crippen LogP contribution is -2.51. The molecular formula is C47H61N11O4. The van der Waals surface area contributed by atoms with Crippen molar-refractivity contribution in [2.75, 3.05) is 43.1 Å². The summed E-state index contributed by atoms with van der Waals surface area (Å²) in [5.41, 5.74) is 6.97. The van der Waals surface area contributed by atoms with Gasteiger partial charge in [-0.05, 0) is 105 Å². The van der Waals surface area contributed by atoms with Gasteiger partial charge in [-0.15, -0.1) is 0 Å². The molecular weight excluding hydrogens is 783 g/mol. The monoisotopic (exact) mass is 843 g/mol. The molecule has 5 aromatic rings. The van der Waals surface area contributed by atoms with E-state index >= 15 is 0 Å².